The number of carbonyl (C=O) groups excluding carboxylic acids is 3. The van der Waals surface area contributed by atoms with Crippen molar-refractivity contribution < 1.29 is 28.6 Å². The number of hydrogen-bond donors (Lipinski definition) is 1. The van der Waals surface area contributed by atoms with Crippen LogP contribution in [0.25, 0.3) is 6.08 Å². The lowest BCUT2D eigenvalue weighted by Gasteiger charge is -2.26. The first kappa shape index (κ1) is 25.8. The van der Waals surface area contributed by atoms with Crippen LogP contribution in [-0.2, 0) is 16.2 Å². The lowest BCUT2D eigenvalue weighted by atomic mass is 10.1. The Morgan fingerprint density at radius 3 is 2.59 bits per heavy atom. The lowest BCUT2D eigenvalue weighted by molar-refractivity contribution is -0.122. The number of ether oxygens (including phenoxy) is 3. The Labute approximate surface area is 242 Å². The minimum atomic E-state index is -0.855. The second-order valence-corrected chi connectivity index (χ2v) is 10.7. The predicted octanol–water partition coefficient (Wildman–Crippen LogP) is 6.33. The quantitative estimate of drug-likeness (QED) is 0.189. The van der Waals surface area contributed by atoms with Crippen LogP contribution in [0.1, 0.15) is 11.1 Å². The van der Waals surface area contributed by atoms with Crippen molar-refractivity contribution in [1.82, 2.24) is 5.32 Å². The fourth-order valence-corrected chi connectivity index (χ4v) is 5.90. The van der Waals surface area contributed by atoms with Gasteiger partial charge in [0.2, 0.25) is 6.79 Å². The van der Waals surface area contributed by atoms with Gasteiger partial charge in [-0.15, -0.1) is 0 Å². The molecular weight excluding hydrogens is 702 g/mol. The summed E-state index contributed by atoms with van der Waals surface area (Å²) in [5, 5.41) is 3.23. The Balaban J connectivity index is 1.41. The van der Waals surface area contributed by atoms with Crippen molar-refractivity contribution in [3.63, 3.8) is 0 Å². The second-order valence-electron chi connectivity index (χ2n) is 7.83. The Bertz CT molecular complexity index is 1490. The molecule has 1 N–H and O–H groups in total. The molecule has 2 aliphatic heterocycles. The topological polar surface area (TPSA) is 94.2 Å². The first-order valence-corrected chi connectivity index (χ1v) is 13.2. The summed E-state index contributed by atoms with van der Waals surface area (Å²) in [6.07, 6.45) is 1.41. The summed E-state index contributed by atoms with van der Waals surface area (Å²) in [4.78, 5) is 39.2. The number of nitrogens with zero attached hydrogens (tertiary/aromatic N) is 1. The SMILES string of the molecule is O=C1NC(=O)N(c2ccc3c(c2)OCO3)C(=O)/C1=C/c1cc(Br)c(OCc2ccc(Cl)cc2Cl)c(I)c1. The molecule has 0 unspecified atom stereocenters. The van der Waals surface area contributed by atoms with Gasteiger partial charge in [0, 0.05) is 21.7 Å². The number of urea groups is 1. The first-order chi connectivity index (χ1) is 17.7. The van der Waals surface area contributed by atoms with E-state index in [0.29, 0.717) is 37.3 Å². The monoisotopic (exact) mass is 714 g/mol. The largest absolute Gasteiger partial charge is 0.487 e. The minimum absolute atomic E-state index is 0.0442. The molecule has 37 heavy (non-hydrogen) atoms. The summed E-state index contributed by atoms with van der Waals surface area (Å²) in [6, 6.07) is 12.4. The third-order valence-corrected chi connectivity index (χ3v) is 7.41. The van der Waals surface area contributed by atoms with Crippen LogP contribution >= 0.6 is 61.7 Å². The number of fused-ring (bicyclic) bond motifs is 1. The van der Waals surface area contributed by atoms with E-state index in [-0.39, 0.29) is 24.7 Å². The fourth-order valence-electron chi connectivity index (χ4n) is 3.67. The molecule has 0 aromatic heterocycles. The molecule has 0 saturated carbocycles. The van der Waals surface area contributed by atoms with Crippen molar-refractivity contribution in [2.75, 3.05) is 11.7 Å². The number of halogens is 4. The number of benzene rings is 3. The molecule has 2 aliphatic rings. The van der Waals surface area contributed by atoms with Gasteiger partial charge in [0.1, 0.15) is 17.9 Å². The molecule has 0 bridgehead atoms. The zero-order valence-corrected chi connectivity index (χ0v) is 23.8. The third kappa shape index (κ3) is 5.28. The van der Waals surface area contributed by atoms with Gasteiger partial charge >= 0.3 is 6.03 Å². The molecule has 12 heteroatoms. The highest BCUT2D eigenvalue weighted by atomic mass is 127. The van der Waals surface area contributed by atoms with Gasteiger partial charge < -0.3 is 14.2 Å². The number of nitrogens with one attached hydrogen (secondary N) is 1. The first-order valence-electron chi connectivity index (χ1n) is 10.6. The molecule has 4 amide bonds. The summed E-state index contributed by atoms with van der Waals surface area (Å²) in [5.41, 5.74) is 1.34. The molecule has 3 aromatic rings. The van der Waals surface area contributed by atoms with Crippen LogP contribution in [-0.4, -0.2) is 24.6 Å². The highest BCUT2D eigenvalue weighted by Gasteiger charge is 2.37. The van der Waals surface area contributed by atoms with Crippen molar-refractivity contribution in [2.24, 2.45) is 0 Å². The van der Waals surface area contributed by atoms with Crippen LogP contribution in [0.2, 0.25) is 10.0 Å². The van der Waals surface area contributed by atoms with E-state index >= 15 is 0 Å². The number of barbiturate groups is 1. The Morgan fingerprint density at radius 1 is 1.05 bits per heavy atom. The molecule has 5 rings (SSSR count). The molecule has 8 nitrogen and oxygen atoms in total. The van der Waals surface area contributed by atoms with Gasteiger partial charge in [-0.25, -0.2) is 9.69 Å². The maximum atomic E-state index is 13.2. The number of hydrogen-bond acceptors (Lipinski definition) is 6. The summed E-state index contributed by atoms with van der Waals surface area (Å²) in [5.74, 6) is -0.104. The molecule has 2 heterocycles. The smallest absolute Gasteiger partial charge is 0.335 e. The number of amides is 4. The molecule has 3 aromatic carbocycles. The van der Waals surface area contributed by atoms with E-state index < -0.39 is 17.8 Å². The van der Waals surface area contributed by atoms with Crippen LogP contribution in [0.4, 0.5) is 10.5 Å². The average molecular weight is 716 g/mol. The highest BCUT2D eigenvalue weighted by Crippen LogP contribution is 2.37. The van der Waals surface area contributed by atoms with Gasteiger partial charge in [0.25, 0.3) is 11.8 Å². The molecular formula is C25H14BrCl2IN2O6. The maximum absolute atomic E-state index is 13.2. The maximum Gasteiger partial charge on any atom is 0.335 e. The number of imide groups is 2. The van der Waals surface area contributed by atoms with E-state index in [9.17, 15) is 14.4 Å². The Hall–Kier alpha value is -2.80. The molecule has 0 radical (unpaired) electrons. The normalized spacial score (nSPS) is 15.8. The van der Waals surface area contributed by atoms with Gasteiger partial charge in [-0.2, -0.15) is 0 Å². The molecule has 188 valence electrons. The van der Waals surface area contributed by atoms with Crippen LogP contribution in [0, 0.1) is 3.57 Å². The zero-order chi connectivity index (χ0) is 26.3. The predicted molar refractivity (Wildman–Crippen MR) is 149 cm³/mol. The molecule has 0 aliphatic carbocycles. The number of carbonyl (C=O) groups is 3. The van der Waals surface area contributed by atoms with E-state index in [1.54, 1.807) is 36.4 Å². The van der Waals surface area contributed by atoms with Gasteiger partial charge in [0.15, 0.2) is 11.5 Å². The standard InChI is InChI=1S/C25H14BrCl2IN2O6/c26-17-6-12(7-19(29)22(17)35-10-13-1-2-14(27)8-18(13)28)5-16-23(32)30-25(34)31(24(16)33)15-3-4-20-21(9-15)37-11-36-20/h1-9H,10-11H2,(H,30,32,34)/b16-5+. The molecule has 1 saturated heterocycles. The summed E-state index contributed by atoms with van der Waals surface area (Å²) < 4.78 is 17.9. The van der Waals surface area contributed by atoms with Crippen molar-refractivity contribution >= 4 is 91.3 Å². The van der Waals surface area contributed by atoms with E-state index in [2.05, 4.69) is 43.8 Å². The van der Waals surface area contributed by atoms with Crippen LogP contribution < -0.4 is 24.4 Å². The van der Waals surface area contributed by atoms with Crippen LogP contribution in [0.5, 0.6) is 17.2 Å². The average Bonchev–Trinajstić information content (AvgIpc) is 3.30. The van der Waals surface area contributed by atoms with Crippen molar-refractivity contribution in [3.8, 4) is 17.2 Å². The minimum Gasteiger partial charge on any atom is -0.487 e. The zero-order valence-electron chi connectivity index (χ0n) is 18.5. The van der Waals surface area contributed by atoms with Gasteiger partial charge in [0.05, 0.1) is 13.7 Å². The summed E-state index contributed by atoms with van der Waals surface area (Å²) >= 11 is 17.8. The Kier molecular flexibility index (Phi) is 7.35. The van der Waals surface area contributed by atoms with E-state index in [0.717, 1.165) is 14.0 Å². The molecule has 0 spiro atoms. The van der Waals surface area contributed by atoms with Crippen molar-refractivity contribution in [1.29, 1.82) is 0 Å². The van der Waals surface area contributed by atoms with Crippen molar-refractivity contribution in [2.45, 2.75) is 6.61 Å². The summed E-state index contributed by atoms with van der Waals surface area (Å²) in [6.45, 7) is 0.251. The number of anilines is 1. The van der Waals surface area contributed by atoms with E-state index in [1.807, 2.05) is 0 Å². The second kappa shape index (κ2) is 10.5. The van der Waals surface area contributed by atoms with E-state index in [1.165, 1.54) is 18.2 Å². The van der Waals surface area contributed by atoms with Crippen molar-refractivity contribution in [3.05, 3.63) is 83.3 Å². The summed E-state index contributed by atoms with van der Waals surface area (Å²) in [7, 11) is 0. The lowest BCUT2D eigenvalue weighted by Crippen LogP contribution is -2.54. The van der Waals surface area contributed by atoms with Gasteiger partial charge in [-0.3, -0.25) is 14.9 Å². The van der Waals surface area contributed by atoms with Crippen LogP contribution in [0.3, 0.4) is 0 Å². The van der Waals surface area contributed by atoms with Crippen LogP contribution in [0.15, 0.2) is 58.6 Å². The van der Waals surface area contributed by atoms with E-state index in [4.69, 9.17) is 37.4 Å². The van der Waals surface area contributed by atoms with Gasteiger partial charge in [-0.1, -0.05) is 29.3 Å². The van der Waals surface area contributed by atoms with Gasteiger partial charge in [-0.05, 0) is 86.6 Å². The Morgan fingerprint density at radius 2 is 1.84 bits per heavy atom. The molecule has 1 fully saturated rings. The highest BCUT2D eigenvalue weighted by molar-refractivity contribution is 14.1. The number of rotatable bonds is 5. The third-order valence-electron chi connectivity index (χ3n) is 5.43. The molecule has 0 atom stereocenters. The fraction of sp³-hybridized carbons (Fsp3) is 0.0800.